The van der Waals surface area contributed by atoms with Crippen LogP contribution in [0.25, 0.3) is 0 Å². The standard InChI is InChI=1S/C21H17ClF2N4O4S2/c1-12-18(19(29)27-34(2,30)31)26-21(33-12)28(16-7-3-13(10-25)4-8-16)11-14-5-6-15(22)9-17(14)32-20(23)24/h3-9,20H,11H2,1-2H3,(H,27,29). The number of aryl methyl sites for hydroxylation is 1. The van der Waals surface area contributed by atoms with E-state index in [0.29, 0.717) is 26.8 Å². The summed E-state index contributed by atoms with van der Waals surface area (Å²) in [5, 5.41) is 9.59. The number of halogens is 3. The number of benzene rings is 2. The molecule has 0 unspecified atom stereocenters. The number of thiazole rings is 1. The Labute approximate surface area is 203 Å². The van der Waals surface area contributed by atoms with Gasteiger partial charge < -0.3 is 9.64 Å². The van der Waals surface area contributed by atoms with Gasteiger partial charge in [0.25, 0.3) is 5.91 Å². The molecule has 1 amide bonds. The maximum Gasteiger partial charge on any atom is 0.387 e. The van der Waals surface area contributed by atoms with Gasteiger partial charge in [-0.3, -0.25) is 4.79 Å². The lowest BCUT2D eigenvalue weighted by Crippen LogP contribution is -2.30. The topological polar surface area (TPSA) is 112 Å². The van der Waals surface area contributed by atoms with Gasteiger partial charge in [-0.25, -0.2) is 18.1 Å². The molecule has 0 fully saturated rings. The van der Waals surface area contributed by atoms with E-state index in [1.165, 1.54) is 18.2 Å². The van der Waals surface area contributed by atoms with E-state index in [9.17, 15) is 22.0 Å². The zero-order valence-corrected chi connectivity index (χ0v) is 20.1. The third kappa shape index (κ3) is 6.40. The largest absolute Gasteiger partial charge is 0.434 e. The predicted molar refractivity (Wildman–Crippen MR) is 124 cm³/mol. The summed E-state index contributed by atoms with van der Waals surface area (Å²) in [5.41, 5.74) is 1.20. The minimum absolute atomic E-state index is 0.00872. The molecule has 8 nitrogen and oxygen atoms in total. The fourth-order valence-electron chi connectivity index (χ4n) is 2.95. The summed E-state index contributed by atoms with van der Waals surface area (Å²) in [5.74, 6) is -1.03. The highest BCUT2D eigenvalue weighted by atomic mass is 35.5. The maximum atomic E-state index is 13.0. The number of amides is 1. The summed E-state index contributed by atoms with van der Waals surface area (Å²) in [4.78, 5) is 18.8. The Balaban J connectivity index is 2.07. The lowest BCUT2D eigenvalue weighted by molar-refractivity contribution is -0.0504. The van der Waals surface area contributed by atoms with Crippen LogP contribution in [0.2, 0.25) is 5.02 Å². The fraction of sp³-hybridized carbons (Fsp3) is 0.190. The summed E-state index contributed by atoms with van der Waals surface area (Å²) in [7, 11) is -3.81. The van der Waals surface area contributed by atoms with Crippen molar-refractivity contribution in [3.05, 3.63) is 69.2 Å². The van der Waals surface area contributed by atoms with Gasteiger partial charge in [0, 0.05) is 21.2 Å². The molecule has 1 heterocycles. The highest BCUT2D eigenvalue weighted by molar-refractivity contribution is 7.89. The first-order valence-electron chi connectivity index (χ1n) is 9.47. The molecule has 178 valence electrons. The Morgan fingerprint density at radius 3 is 2.56 bits per heavy atom. The molecule has 1 N–H and O–H groups in total. The van der Waals surface area contributed by atoms with Crippen molar-refractivity contribution < 1.29 is 26.7 Å². The summed E-state index contributed by atoms with van der Waals surface area (Å²) < 4.78 is 55.4. The van der Waals surface area contributed by atoms with E-state index in [4.69, 9.17) is 16.9 Å². The molecule has 0 aliphatic carbocycles. The van der Waals surface area contributed by atoms with Gasteiger partial charge in [-0.2, -0.15) is 14.0 Å². The highest BCUT2D eigenvalue weighted by Gasteiger charge is 2.23. The van der Waals surface area contributed by atoms with Gasteiger partial charge in [0.05, 0.1) is 24.4 Å². The van der Waals surface area contributed by atoms with E-state index in [0.717, 1.165) is 17.6 Å². The number of rotatable bonds is 8. The zero-order chi connectivity index (χ0) is 25.0. The lowest BCUT2D eigenvalue weighted by Gasteiger charge is -2.23. The number of ether oxygens (including phenoxy) is 1. The Kier molecular flexibility index (Phi) is 7.71. The minimum Gasteiger partial charge on any atom is -0.434 e. The van der Waals surface area contributed by atoms with Crippen LogP contribution in [0.3, 0.4) is 0 Å². The van der Waals surface area contributed by atoms with Gasteiger partial charge in [-0.15, -0.1) is 11.3 Å². The van der Waals surface area contributed by atoms with Crippen LogP contribution in [-0.2, 0) is 16.6 Å². The van der Waals surface area contributed by atoms with Crippen molar-refractivity contribution in [1.29, 1.82) is 5.26 Å². The molecule has 3 aromatic rings. The lowest BCUT2D eigenvalue weighted by atomic mass is 10.1. The van der Waals surface area contributed by atoms with Gasteiger partial charge in [-0.1, -0.05) is 17.7 Å². The number of nitrogens with zero attached hydrogens (tertiary/aromatic N) is 3. The predicted octanol–water partition coefficient (Wildman–Crippen LogP) is 4.61. The van der Waals surface area contributed by atoms with Crippen molar-refractivity contribution in [3.63, 3.8) is 0 Å². The fourth-order valence-corrected chi connectivity index (χ4v) is 4.47. The van der Waals surface area contributed by atoms with E-state index in [-0.39, 0.29) is 23.0 Å². The van der Waals surface area contributed by atoms with Crippen LogP contribution in [0.5, 0.6) is 5.75 Å². The Morgan fingerprint density at radius 2 is 1.97 bits per heavy atom. The second-order valence-corrected chi connectivity index (χ2v) is 10.3. The van der Waals surface area contributed by atoms with E-state index in [1.807, 2.05) is 10.8 Å². The Hall–Kier alpha value is -3.27. The number of carbonyl (C=O) groups is 1. The zero-order valence-electron chi connectivity index (χ0n) is 17.8. The van der Waals surface area contributed by atoms with Crippen LogP contribution >= 0.6 is 22.9 Å². The number of aromatic nitrogens is 1. The summed E-state index contributed by atoms with van der Waals surface area (Å²) in [6.45, 7) is -1.48. The van der Waals surface area contributed by atoms with Crippen LogP contribution in [0, 0.1) is 18.3 Å². The summed E-state index contributed by atoms with van der Waals surface area (Å²) >= 11 is 7.05. The highest BCUT2D eigenvalue weighted by Crippen LogP contribution is 2.35. The molecule has 13 heteroatoms. The Morgan fingerprint density at radius 1 is 1.29 bits per heavy atom. The molecule has 0 aliphatic heterocycles. The quantitative estimate of drug-likeness (QED) is 0.456. The molecule has 0 saturated carbocycles. The molecule has 3 rings (SSSR count). The van der Waals surface area contributed by atoms with Crippen LogP contribution in [-0.4, -0.2) is 32.2 Å². The van der Waals surface area contributed by atoms with Crippen molar-refractivity contribution in [2.45, 2.75) is 20.1 Å². The molecule has 0 saturated heterocycles. The maximum absolute atomic E-state index is 13.0. The minimum atomic E-state index is -3.81. The van der Waals surface area contributed by atoms with Gasteiger partial charge in [0.15, 0.2) is 5.13 Å². The third-order valence-corrected chi connectivity index (χ3v) is 6.18. The van der Waals surface area contributed by atoms with Crippen molar-refractivity contribution in [2.75, 3.05) is 11.2 Å². The molecule has 0 bridgehead atoms. The first-order valence-corrected chi connectivity index (χ1v) is 12.6. The molecule has 1 aromatic heterocycles. The van der Waals surface area contributed by atoms with E-state index >= 15 is 0 Å². The van der Waals surface area contributed by atoms with Gasteiger partial charge in [0.2, 0.25) is 10.0 Å². The monoisotopic (exact) mass is 526 g/mol. The number of nitriles is 1. The molecule has 0 radical (unpaired) electrons. The van der Waals surface area contributed by atoms with Crippen LogP contribution in [0.15, 0.2) is 42.5 Å². The SMILES string of the molecule is Cc1sc(N(Cc2ccc(Cl)cc2OC(F)F)c2ccc(C#N)cc2)nc1C(=O)NS(C)(=O)=O. The van der Waals surface area contributed by atoms with Gasteiger partial charge >= 0.3 is 6.61 Å². The molecule has 0 spiro atoms. The third-order valence-electron chi connectivity index (χ3n) is 4.39. The second kappa shape index (κ2) is 10.3. The number of sulfonamides is 1. The number of hydrogen-bond donors (Lipinski definition) is 1. The van der Waals surface area contributed by atoms with E-state index < -0.39 is 22.5 Å². The molecular weight excluding hydrogens is 510 g/mol. The van der Waals surface area contributed by atoms with E-state index in [2.05, 4.69) is 9.72 Å². The van der Waals surface area contributed by atoms with Crippen LogP contribution in [0.1, 0.15) is 26.5 Å². The summed E-state index contributed by atoms with van der Waals surface area (Å²) in [6.07, 6.45) is 0.849. The van der Waals surface area contributed by atoms with Gasteiger partial charge in [-0.05, 0) is 43.3 Å². The average Bonchev–Trinajstić information content (AvgIpc) is 3.13. The number of carbonyl (C=O) groups excluding carboxylic acids is 1. The first kappa shape index (κ1) is 25.4. The smallest absolute Gasteiger partial charge is 0.387 e. The van der Waals surface area contributed by atoms with Crippen molar-refractivity contribution >= 4 is 49.7 Å². The van der Waals surface area contributed by atoms with Gasteiger partial charge in [0.1, 0.15) is 11.4 Å². The normalized spacial score (nSPS) is 11.2. The van der Waals surface area contributed by atoms with Crippen LogP contribution < -0.4 is 14.4 Å². The number of alkyl halides is 2. The molecule has 0 aliphatic rings. The van der Waals surface area contributed by atoms with E-state index in [1.54, 1.807) is 36.1 Å². The second-order valence-electron chi connectivity index (χ2n) is 6.98. The molecule has 2 aromatic carbocycles. The van der Waals surface area contributed by atoms with Crippen LogP contribution in [0.4, 0.5) is 19.6 Å². The van der Waals surface area contributed by atoms with Crippen molar-refractivity contribution in [3.8, 4) is 11.8 Å². The summed E-state index contributed by atoms with van der Waals surface area (Å²) in [6, 6.07) is 12.7. The van der Waals surface area contributed by atoms with Crippen molar-refractivity contribution in [2.24, 2.45) is 0 Å². The molecular formula is C21H17ClF2N4O4S2. The first-order chi connectivity index (χ1) is 16.0. The average molecular weight is 527 g/mol. The molecule has 0 atom stereocenters. The number of anilines is 2. The molecule has 34 heavy (non-hydrogen) atoms. The Bertz CT molecular complexity index is 1360. The number of hydrogen-bond acceptors (Lipinski definition) is 8. The number of nitrogens with one attached hydrogen (secondary N) is 1. The van der Waals surface area contributed by atoms with Crippen molar-refractivity contribution in [1.82, 2.24) is 9.71 Å².